The van der Waals surface area contributed by atoms with Gasteiger partial charge in [-0.05, 0) is 23.8 Å². The van der Waals surface area contributed by atoms with Crippen molar-refractivity contribution in [2.75, 3.05) is 12.3 Å². The third kappa shape index (κ3) is 6.61. The van der Waals surface area contributed by atoms with Gasteiger partial charge in [0.1, 0.15) is 18.0 Å². The van der Waals surface area contributed by atoms with Crippen LogP contribution in [0.25, 0.3) is 10.4 Å². The third-order valence-corrected chi connectivity index (χ3v) is 7.68. The molecule has 1 aromatic heterocycles. The summed E-state index contributed by atoms with van der Waals surface area (Å²) in [6.07, 6.45) is -4.35. The van der Waals surface area contributed by atoms with Gasteiger partial charge in [-0.2, -0.15) is 8.62 Å². The molecule has 180 valence electrons. The number of aliphatic hydroxyl groups is 2. The van der Waals surface area contributed by atoms with Crippen molar-refractivity contribution in [3.8, 4) is 0 Å². The molecule has 19 nitrogen and oxygen atoms in total. The Morgan fingerprint density at radius 2 is 1.91 bits per heavy atom. The first kappa shape index (κ1) is 26.9. The average Bonchev–Trinajstić information content (AvgIpc) is 2.83. The number of hydrogen-bond donors (Lipinski definition) is 7. The normalized spacial score (nSPS) is 29.6. The highest BCUT2D eigenvalue weighted by Crippen LogP contribution is 2.66. The number of phosphoric acid groups is 3. The van der Waals surface area contributed by atoms with Gasteiger partial charge in [0.2, 0.25) is 10.5 Å². The molecule has 1 aliphatic heterocycles. The maximum atomic E-state index is 11.9. The summed E-state index contributed by atoms with van der Waals surface area (Å²) in [5.74, 6) is 0.00764. The fraction of sp³-hybridized carbons (Fsp3) is 0.556. The van der Waals surface area contributed by atoms with Gasteiger partial charge < -0.3 is 40.3 Å². The van der Waals surface area contributed by atoms with E-state index < -0.39 is 54.2 Å². The van der Waals surface area contributed by atoms with E-state index in [4.69, 9.17) is 42.9 Å². The first-order chi connectivity index (χ1) is 14.5. The average molecular weight is 540 g/mol. The molecule has 8 N–H and O–H groups in total. The highest BCUT2D eigenvalue weighted by molar-refractivity contribution is 7.71. The minimum absolute atomic E-state index is 0.00764. The standard InChI is InChI=1S/C9H15N6O13P3S/c10-4-1-2-15(8(32)12-4)7-5(16)6(17)9(26-7,13-14-11)3-25-30(21,22)28-31(23,24)27-29(18,19)20/h1-2,5-7,16-17H,3H2,(H,21,22)(H,23,24)(H2,10,12,32)(H2,18,19,20)/t5-,6+,7+,9?/m0/s1. The Morgan fingerprint density at radius 1 is 1.28 bits per heavy atom. The predicted octanol–water partition coefficient (Wildman–Crippen LogP) is -0.205. The molecule has 1 saturated heterocycles. The van der Waals surface area contributed by atoms with Crippen LogP contribution in [0.1, 0.15) is 6.23 Å². The Bertz CT molecular complexity index is 1120. The monoisotopic (exact) mass is 540 g/mol. The number of nitrogens with zero attached hydrogens (tertiary/aromatic N) is 5. The van der Waals surface area contributed by atoms with Gasteiger partial charge in [-0.3, -0.25) is 9.09 Å². The van der Waals surface area contributed by atoms with Crippen molar-refractivity contribution >= 4 is 41.5 Å². The predicted molar refractivity (Wildman–Crippen MR) is 101 cm³/mol. The quantitative estimate of drug-likeness (QED) is 0.0700. The second-order valence-electron chi connectivity index (χ2n) is 5.88. The lowest BCUT2D eigenvalue weighted by atomic mass is 10.1. The number of nitrogens with two attached hydrogens (primary N) is 1. The molecule has 0 amide bonds. The summed E-state index contributed by atoms with van der Waals surface area (Å²) in [7, 11) is -17.1. The molecule has 3 unspecified atom stereocenters. The maximum absolute atomic E-state index is 11.9. The van der Waals surface area contributed by atoms with Crippen LogP contribution in [0.2, 0.25) is 0 Å². The number of azide groups is 1. The fourth-order valence-electron chi connectivity index (χ4n) is 2.40. The Labute approximate surface area is 182 Å². The van der Waals surface area contributed by atoms with Crippen LogP contribution in [0.15, 0.2) is 17.4 Å². The topological polar surface area (TPSA) is 302 Å². The lowest BCUT2D eigenvalue weighted by Gasteiger charge is -2.27. The van der Waals surface area contributed by atoms with Gasteiger partial charge in [-0.15, -0.1) is 0 Å². The van der Waals surface area contributed by atoms with Crippen molar-refractivity contribution in [2.45, 2.75) is 24.2 Å². The molecule has 2 rings (SSSR count). The second-order valence-corrected chi connectivity index (χ2v) is 10.7. The Hall–Kier alpha value is -1.30. The molecule has 0 bridgehead atoms. The second kappa shape index (κ2) is 9.52. The summed E-state index contributed by atoms with van der Waals surface area (Å²) in [5, 5.41) is 23.8. The van der Waals surface area contributed by atoms with E-state index in [1.54, 1.807) is 0 Å². The number of aromatic nitrogens is 2. The molecular weight excluding hydrogens is 525 g/mol. The Balaban J connectivity index is 2.28. The van der Waals surface area contributed by atoms with E-state index in [0.29, 0.717) is 0 Å². The first-order valence-electron chi connectivity index (χ1n) is 7.74. The Kier molecular flexibility index (Phi) is 8.01. The minimum Gasteiger partial charge on any atom is -0.387 e. The van der Waals surface area contributed by atoms with Gasteiger partial charge in [-0.25, -0.2) is 18.7 Å². The molecule has 6 atom stereocenters. The van der Waals surface area contributed by atoms with Crippen molar-refractivity contribution in [3.63, 3.8) is 0 Å². The van der Waals surface area contributed by atoms with Crippen LogP contribution in [0.3, 0.4) is 0 Å². The van der Waals surface area contributed by atoms with E-state index >= 15 is 0 Å². The lowest BCUT2D eigenvalue weighted by Crippen LogP contribution is -2.44. The number of anilines is 1. The number of ether oxygens (including phenoxy) is 1. The summed E-state index contributed by atoms with van der Waals surface area (Å²) in [4.78, 5) is 41.9. The van der Waals surface area contributed by atoms with Gasteiger partial charge in [0, 0.05) is 11.1 Å². The molecule has 1 aromatic rings. The molecule has 0 aromatic carbocycles. The zero-order valence-corrected chi connectivity index (χ0v) is 18.7. The molecule has 0 aliphatic carbocycles. The maximum Gasteiger partial charge on any atom is 0.490 e. The van der Waals surface area contributed by atoms with Gasteiger partial charge in [0.05, 0.1) is 6.61 Å². The molecular formula is C9H15N6O13P3S. The zero-order valence-electron chi connectivity index (χ0n) is 15.2. The van der Waals surface area contributed by atoms with Gasteiger partial charge >= 0.3 is 23.5 Å². The summed E-state index contributed by atoms with van der Waals surface area (Å²) in [6.45, 7) is -1.37. The van der Waals surface area contributed by atoms with Crippen molar-refractivity contribution in [3.05, 3.63) is 27.5 Å². The molecule has 0 spiro atoms. The van der Waals surface area contributed by atoms with Gasteiger partial charge in [-0.1, -0.05) is 5.11 Å². The van der Waals surface area contributed by atoms with Crippen molar-refractivity contribution in [2.24, 2.45) is 5.11 Å². The Morgan fingerprint density at radius 3 is 2.44 bits per heavy atom. The van der Waals surface area contributed by atoms with Crippen LogP contribution in [0, 0.1) is 4.77 Å². The summed E-state index contributed by atoms with van der Waals surface area (Å²) in [5.41, 5.74) is 11.7. The smallest absolute Gasteiger partial charge is 0.387 e. The fourth-order valence-corrected chi connectivity index (χ4v) is 5.71. The number of aliphatic hydroxyl groups excluding tert-OH is 2. The van der Waals surface area contributed by atoms with Crippen LogP contribution < -0.4 is 5.73 Å². The van der Waals surface area contributed by atoms with Gasteiger partial charge in [0.25, 0.3) is 0 Å². The van der Waals surface area contributed by atoms with E-state index in [1.807, 2.05) is 0 Å². The highest BCUT2D eigenvalue weighted by atomic mass is 32.1. The third-order valence-electron chi connectivity index (χ3n) is 3.59. The van der Waals surface area contributed by atoms with E-state index in [1.165, 1.54) is 12.3 Å². The van der Waals surface area contributed by atoms with E-state index in [0.717, 1.165) is 4.57 Å². The largest absolute Gasteiger partial charge is 0.490 e. The van der Waals surface area contributed by atoms with Gasteiger partial charge in [0.15, 0.2) is 6.23 Å². The van der Waals surface area contributed by atoms with E-state index in [2.05, 4.69) is 28.2 Å². The molecule has 0 radical (unpaired) electrons. The summed E-state index contributed by atoms with van der Waals surface area (Å²) >= 11 is 4.96. The lowest BCUT2D eigenvalue weighted by molar-refractivity contribution is -0.122. The van der Waals surface area contributed by atoms with Crippen molar-refractivity contribution in [1.29, 1.82) is 0 Å². The molecule has 23 heteroatoms. The highest BCUT2D eigenvalue weighted by Gasteiger charge is 2.56. The number of rotatable bonds is 9. The number of nitrogen functional groups attached to an aromatic ring is 1. The molecule has 0 saturated carbocycles. The van der Waals surface area contributed by atoms with Crippen molar-refractivity contribution < 1.29 is 61.4 Å². The molecule has 1 aliphatic rings. The van der Waals surface area contributed by atoms with Crippen LogP contribution in [0.5, 0.6) is 0 Å². The summed E-state index contributed by atoms with van der Waals surface area (Å²) in [6, 6.07) is 1.25. The van der Waals surface area contributed by atoms with Crippen LogP contribution in [-0.2, 0) is 31.6 Å². The van der Waals surface area contributed by atoms with Crippen molar-refractivity contribution in [1.82, 2.24) is 9.55 Å². The first-order valence-corrected chi connectivity index (χ1v) is 12.7. The van der Waals surface area contributed by atoms with E-state index in [9.17, 15) is 28.8 Å². The number of hydrogen-bond acceptors (Lipinski definition) is 13. The minimum atomic E-state index is -5.83. The van der Waals surface area contributed by atoms with Crippen LogP contribution in [-0.4, -0.2) is 63.9 Å². The molecule has 1 fully saturated rings. The summed E-state index contributed by atoms with van der Waals surface area (Å²) < 4.78 is 51.5. The number of phosphoric ester groups is 1. The zero-order chi connectivity index (χ0) is 24.5. The van der Waals surface area contributed by atoms with Crippen LogP contribution >= 0.6 is 35.7 Å². The SMILES string of the molecule is [N-]=[N+]=NC1(COP(=O)(O)OP(=O)(O)OP(=O)(O)O)O[C@@H](n2ccc(N)nc2=S)[C@@H](O)[C@H]1O. The van der Waals surface area contributed by atoms with E-state index in [-0.39, 0.29) is 10.6 Å². The molecule has 2 heterocycles. The molecule has 32 heavy (non-hydrogen) atoms. The van der Waals surface area contributed by atoms with Crippen LogP contribution in [0.4, 0.5) is 5.82 Å².